The molecule has 0 radical (unpaired) electrons. The fourth-order valence-corrected chi connectivity index (χ4v) is 3.80. The van der Waals surface area contributed by atoms with Gasteiger partial charge in [-0.2, -0.15) is 5.26 Å². The lowest BCUT2D eigenvalue weighted by molar-refractivity contribution is 0.0734. The standard InChI is InChI=1S/C24H17FN2O3S/c1-31-18-9-4-14(5-10-18)22-19-11-8-17(12-21(19)30-23(27)20(22)13-26)29-24(28)15-2-6-16(25)7-3-15/h2-12,22H,27H2,1H3/t22-/m0/s1. The van der Waals surface area contributed by atoms with E-state index in [4.69, 9.17) is 15.2 Å². The van der Waals surface area contributed by atoms with E-state index in [-0.39, 0.29) is 17.2 Å². The first-order chi connectivity index (χ1) is 15.0. The molecule has 1 aliphatic rings. The lowest BCUT2D eigenvalue weighted by Gasteiger charge is -2.26. The quantitative estimate of drug-likeness (QED) is 0.355. The number of thioether (sulfide) groups is 1. The number of benzene rings is 3. The molecule has 4 rings (SSSR count). The largest absolute Gasteiger partial charge is 0.440 e. The topological polar surface area (TPSA) is 85.3 Å². The summed E-state index contributed by atoms with van der Waals surface area (Å²) in [6, 6.07) is 20.0. The molecule has 2 N–H and O–H groups in total. The zero-order valence-electron chi connectivity index (χ0n) is 16.5. The molecular weight excluding hydrogens is 415 g/mol. The van der Waals surface area contributed by atoms with Crippen LogP contribution in [0.2, 0.25) is 0 Å². The summed E-state index contributed by atoms with van der Waals surface area (Å²) in [6.07, 6.45) is 1.99. The number of carbonyl (C=O) groups excluding carboxylic acids is 1. The molecule has 7 heteroatoms. The summed E-state index contributed by atoms with van der Waals surface area (Å²) in [5.41, 5.74) is 8.21. The molecule has 5 nitrogen and oxygen atoms in total. The molecule has 0 saturated heterocycles. The number of hydrogen-bond donors (Lipinski definition) is 1. The molecular formula is C24H17FN2O3S. The highest BCUT2D eigenvalue weighted by Gasteiger charge is 2.31. The van der Waals surface area contributed by atoms with Crippen molar-refractivity contribution >= 4 is 17.7 Å². The third-order valence-electron chi connectivity index (χ3n) is 4.93. The number of hydrogen-bond acceptors (Lipinski definition) is 6. The van der Waals surface area contributed by atoms with Crippen LogP contribution in [0.3, 0.4) is 0 Å². The first kappa shape index (κ1) is 20.5. The Hall–Kier alpha value is -3.76. The molecule has 154 valence electrons. The van der Waals surface area contributed by atoms with Gasteiger partial charge in [0.1, 0.15) is 29.0 Å². The van der Waals surface area contributed by atoms with Crippen molar-refractivity contribution in [3.63, 3.8) is 0 Å². The van der Waals surface area contributed by atoms with E-state index in [1.807, 2.05) is 30.5 Å². The van der Waals surface area contributed by atoms with Crippen LogP contribution in [0.25, 0.3) is 0 Å². The average molecular weight is 432 g/mol. The Balaban J connectivity index is 1.67. The summed E-state index contributed by atoms with van der Waals surface area (Å²) in [5, 5.41) is 9.67. The molecule has 0 saturated carbocycles. The molecule has 3 aromatic carbocycles. The maximum absolute atomic E-state index is 13.1. The SMILES string of the molecule is CSc1ccc([C@@H]2C(C#N)=C(N)Oc3cc(OC(=O)c4ccc(F)cc4)ccc32)cc1. The molecule has 0 unspecified atom stereocenters. The van der Waals surface area contributed by atoms with Gasteiger partial charge in [0, 0.05) is 16.5 Å². The number of nitrogens with zero attached hydrogens (tertiary/aromatic N) is 1. The summed E-state index contributed by atoms with van der Waals surface area (Å²) in [7, 11) is 0. The van der Waals surface area contributed by atoms with Crippen molar-refractivity contribution in [2.75, 3.05) is 6.26 Å². The summed E-state index contributed by atoms with van der Waals surface area (Å²) in [5.74, 6) is -0.799. The zero-order valence-corrected chi connectivity index (χ0v) is 17.3. The first-order valence-electron chi connectivity index (χ1n) is 9.33. The van der Waals surface area contributed by atoms with Crippen molar-refractivity contribution < 1.29 is 18.7 Å². The van der Waals surface area contributed by atoms with Crippen molar-refractivity contribution in [1.29, 1.82) is 5.26 Å². The van der Waals surface area contributed by atoms with Crippen LogP contribution in [-0.4, -0.2) is 12.2 Å². The number of carbonyl (C=O) groups is 1. The van der Waals surface area contributed by atoms with E-state index in [2.05, 4.69) is 6.07 Å². The van der Waals surface area contributed by atoms with Crippen LogP contribution in [-0.2, 0) is 0 Å². The molecule has 31 heavy (non-hydrogen) atoms. The van der Waals surface area contributed by atoms with Gasteiger partial charge in [0.15, 0.2) is 0 Å². The number of nitrogens with two attached hydrogens (primary N) is 1. The Bertz CT molecular complexity index is 1220. The number of ether oxygens (including phenoxy) is 2. The van der Waals surface area contributed by atoms with Crippen LogP contribution in [0.15, 0.2) is 83.1 Å². The van der Waals surface area contributed by atoms with E-state index in [1.54, 1.807) is 30.0 Å². The Morgan fingerprint density at radius 3 is 2.48 bits per heavy atom. The molecule has 1 aliphatic heterocycles. The second-order valence-corrected chi connectivity index (χ2v) is 7.67. The minimum absolute atomic E-state index is 0.0101. The number of fused-ring (bicyclic) bond motifs is 1. The molecule has 0 aliphatic carbocycles. The summed E-state index contributed by atoms with van der Waals surface area (Å²) in [6.45, 7) is 0. The highest BCUT2D eigenvalue weighted by atomic mass is 32.2. The zero-order chi connectivity index (χ0) is 22.0. The molecule has 1 atom stereocenters. The fraction of sp³-hybridized carbons (Fsp3) is 0.0833. The van der Waals surface area contributed by atoms with Gasteiger partial charge in [-0.05, 0) is 54.3 Å². The van der Waals surface area contributed by atoms with Crippen molar-refractivity contribution in [3.05, 3.63) is 101 Å². The van der Waals surface area contributed by atoms with Gasteiger partial charge in [-0.15, -0.1) is 11.8 Å². The molecule has 0 amide bonds. The van der Waals surface area contributed by atoms with Crippen LogP contribution in [0, 0.1) is 17.1 Å². The number of halogens is 1. The van der Waals surface area contributed by atoms with E-state index in [9.17, 15) is 14.4 Å². The minimum Gasteiger partial charge on any atom is -0.440 e. The van der Waals surface area contributed by atoms with Crippen LogP contribution in [0.5, 0.6) is 11.5 Å². The third-order valence-corrected chi connectivity index (χ3v) is 5.67. The number of esters is 1. The smallest absolute Gasteiger partial charge is 0.343 e. The van der Waals surface area contributed by atoms with Crippen LogP contribution >= 0.6 is 11.8 Å². The molecule has 3 aromatic rings. The number of allylic oxidation sites excluding steroid dienone is 1. The third kappa shape index (κ3) is 4.11. The van der Waals surface area contributed by atoms with E-state index in [0.29, 0.717) is 11.3 Å². The molecule has 1 heterocycles. The minimum atomic E-state index is -0.624. The fourth-order valence-electron chi connectivity index (χ4n) is 3.39. The Morgan fingerprint density at radius 2 is 1.84 bits per heavy atom. The highest BCUT2D eigenvalue weighted by Crippen LogP contribution is 2.43. The Kier molecular flexibility index (Phi) is 5.65. The van der Waals surface area contributed by atoms with E-state index >= 15 is 0 Å². The van der Waals surface area contributed by atoms with Crippen LogP contribution in [0.1, 0.15) is 27.4 Å². The lowest BCUT2D eigenvalue weighted by Crippen LogP contribution is -2.21. The molecule has 0 aromatic heterocycles. The van der Waals surface area contributed by atoms with E-state index in [0.717, 1.165) is 16.0 Å². The average Bonchev–Trinajstić information content (AvgIpc) is 2.78. The Labute approximate surface area is 182 Å². The van der Waals surface area contributed by atoms with Gasteiger partial charge in [0.25, 0.3) is 0 Å². The normalized spacial score (nSPS) is 14.9. The van der Waals surface area contributed by atoms with E-state index < -0.39 is 17.7 Å². The second-order valence-electron chi connectivity index (χ2n) is 6.79. The Morgan fingerprint density at radius 1 is 1.13 bits per heavy atom. The monoisotopic (exact) mass is 432 g/mol. The first-order valence-corrected chi connectivity index (χ1v) is 10.6. The maximum Gasteiger partial charge on any atom is 0.343 e. The van der Waals surface area contributed by atoms with Crippen molar-refractivity contribution in [2.45, 2.75) is 10.8 Å². The van der Waals surface area contributed by atoms with Crippen molar-refractivity contribution in [1.82, 2.24) is 0 Å². The summed E-state index contributed by atoms with van der Waals surface area (Å²) in [4.78, 5) is 13.4. The van der Waals surface area contributed by atoms with Gasteiger partial charge in [-0.25, -0.2) is 9.18 Å². The van der Waals surface area contributed by atoms with Crippen molar-refractivity contribution in [2.24, 2.45) is 5.73 Å². The van der Waals surface area contributed by atoms with Gasteiger partial charge in [0.05, 0.1) is 11.5 Å². The molecule has 0 spiro atoms. The van der Waals surface area contributed by atoms with Crippen molar-refractivity contribution in [3.8, 4) is 17.6 Å². The van der Waals surface area contributed by atoms with Crippen LogP contribution < -0.4 is 15.2 Å². The summed E-state index contributed by atoms with van der Waals surface area (Å²) >= 11 is 1.63. The van der Waals surface area contributed by atoms with E-state index in [1.165, 1.54) is 24.3 Å². The second kappa shape index (κ2) is 8.54. The molecule has 0 fully saturated rings. The van der Waals surface area contributed by atoms with Gasteiger partial charge < -0.3 is 15.2 Å². The van der Waals surface area contributed by atoms with Gasteiger partial charge >= 0.3 is 5.97 Å². The number of nitriles is 1. The predicted molar refractivity (Wildman–Crippen MR) is 115 cm³/mol. The predicted octanol–water partition coefficient (Wildman–Crippen LogP) is 4.98. The van der Waals surface area contributed by atoms with Gasteiger partial charge in [0.2, 0.25) is 5.88 Å². The van der Waals surface area contributed by atoms with Gasteiger partial charge in [-0.3, -0.25) is 0 Å². The maximum atomic E-state index is 13.1. The lowest BCUT2D eigenvalue weighted by atomic mass is 9.83. The number of rotatable bonds is 4. The highest BCUT2D eigenvalue weighted by molar-refractivity contribution is 7.98. The van der Waals surface area contributed by atoms with Gasteiger partial charge in [-0.1, -0.05) is 18.2 Å². The molecule has 0 bridgehead atoms. The van der Waals surface area contributed by atoms with Crippen LogP contribution in [0.4, 0.5) is 4.39 Å². The summed E-state index contributed by atoms with van der Waals surface area (Å²) < 4.78 is 24.1.